The van der Waals surface area contributed by atoms with Gasteiger partial charge in [0, 0.05) is 13.0 Å². The molecule has 3 atom stereocenters. The fourth-order valence-corrected chi connectivity index (χ4v) is 5.98. The van der Waals surface area contributed by atoms with Crippen molar-refractivity contribution < 1.29 is 43.0 Å². The number of hydrogen-bond acceptors (Lipinski definition) is 8. The molecule has 3 N–H and O–H groups in total. The van der Waals surface area contributed by atoms with Crippen LogP contribution in [0.4, 0.5) is 0 Å². The molecule has 0 aliphatic carbocycles. The zero-order chi connectivity index (χ0) is 36.8. The number of allylic oxidation sites excluding steroid dienone is 6. The highest BCUT2D eigenvalue weighted by Crippen LogP contribution is 2.43. The van der Waals surface area contributed by atoms with Gasteiger partial charge in [-0.25, -0.2) is 4.57 Å². The Morgan fingerprint density at radius 1 is 0.620 bits per heavy atom. The van der Waals surface area contributed by atoms with Crippen LogP contribution < -0.4 is 0 Å². The van der Waals surface area contributed by atoms with Crippen LogP contribution in [0.3, 0.4) is 0 Å². The third-order valence-electron chi connectivity index (χ3n) is 8.30. The molecule has 0 bridgehead atoms. The molecule has 0 aromatic rings. The summed E-state index contributed by atoms with van der Waals surface area (Å²) in [5.41, 5.74) is 0. The Hall–Kier alpha value is -1.32. The number of esters is 1. The molecule has 0 radical (unpaired) electrons. The maximum Gasteiger partial charge on any atom is 0.472 e. The number of carbonyl (C=O) groups excluding carboxylic acids is 1. The van der Waals surface area contributed by atoms with Crippen LogP contribution in [0.5, 0.6) is 0 Å². The number of rotatable bonds is 38. The fraction of sp³-hybridized carbons (Fsp3) is 0.825. The zero-order valence-electron chi connectivity index (χ0n) is 31.9. The van der Waals surface area contributed by atoms with Crippen molar-refractivity contribution in [3.8, 4) is 0 Å². The van der Waals surface area contributed by atoms with Gasteiger partial charge in [0.1, 0.15) is 12.2 Å². The lowest BCUT2D eigenvalue weighted by molar-refractivity contribution is -0.154. The van der Waals surface area contributed by atoms with E-state index in [-0.39, 0.29) is 19.6 Å². The molecule has 9 nitrogen and oxygen atoms in total. The van der Waals surface area contributed by atoms with Crippen molar-refractivity contribution in [3.63, 3.8) is 0 Å². The third-order valence-corrected chi connectivity index (χ3v) is 9.25. The van der Waals surface area contributed by atoms with Crippen LogP contribution in [-0.4, -0.2) is 66.3 Å². The van der Waals surface area contributed by atoms with Crippen LogP contribution in [0.2, 0.25) is 0 Å². The predicted molar refractivity (Wildman–Crippen MR) is 205 cm³/mol. The smallest absolute Gasteiger partial charge is 0.457 e. The summed E-state index contributed by atoms with van der Waals surface area (Å²) in [7, 11) is -4.51. The van der Waals surface area contributed by atoms with Crippen molar-refractivity contribution in [2.24, 2.45) is 0 Å². The van der Waals surface area contributed by atoms with Gasteiger partial charge in [0.05, 0.1) is 26.4 Å². The molecule has 294 valence electrons. The van der Waals surface area contributed by atoms with Crippen LogP contribution in [0.15, 0.2) is 36.5 Å². The molecule has 0 saturated carbocycles. The molecule has 50 heavy (non-hydrogen) atoms. The number of carbonyl (C=O) groups is 1. The summed E-state index contributed by atoms with van der Waals surface area (Å²) in [5.74, 6) is -0.394. The van der Waals surface area contributed by atoms with E-state index in [0.29, 0.717) is 6.61 Å². The number of aliphatic hydroxyl groups is 2. The number of phosphoric acid groups is 1. The second-order valence-electron chi connectivity index (χ2n) is 13.3. The van der Waals surface area contributed by atoms with Gasteiger partial charge in [-0.05, 0) is 64.2 Å². The molecule has 0 rings (SSSR count). The topological polar surface area (TPSA) is 132 Å². The van der Waals surface area contributed by atoms with Gasteiger partial charge >= 0.3 is 13.8 Å². The molecule has 0 fully saturated rings. The van der Waals surface area contributed by atoms with Crippen molar-refractivity contribution in [2.45, 2.75) is 180 Å². The molecular weight excluding hydrogens is 655 g/mol. The third kappa shape index (κ3) is 36.5. The summed E-state index contributed by atoms with van der Waals surface area (Å²) in [5, 5.41) is 18.3. The maximum absolute atomic E-state index is 12.6. The van der Waals surface area contributed by atoms with E-state index >= 15 is 0 Å². The Kier molecular flexibility index (Phi) is 36.4. The second kappa shape index (κ2) is 37.4. The summed E-state index contributed by atoms with van der Waals surface area (Å²) in [6.07, 6.45) is 38.1. The molecule has 0 aliphatic rings. The van der Waals surface area contributed by atoms with Gasteiger partial charge in [-0.2, -0.15) is 0 Å². The number of unbranched alkanes of at least 4 members (excludes halogenated alkanes) is 18. The molecule has 0 spiro atoms. The first kappa shape index (κ1) is 48.7. The Labute approximate surface area is 305 Å². The van der Waals surface area contributed by atoms with Crippen LogP contribution in [0.25, 0.3) is 0 Å². The first-order chi connectivity index (χ1) is 24.3. The minimum atomic E-state index is -4.51. The standard InChI is InChI=1S/C40H75O9P/c1-3-5-7-9-11-13-15-17-18-19-20-21-22-24-26-28-30-32-40(43)49-39(37-48-50(44,45)47-35-38(42)34-41)36-46-33-31-29-27-25-23-16-14-12-10-8-6-4-2/h10-13,17-18,38-39,41-42H,3-9,14-16,19-37H2,1-2H3,(H,44,45)/b12-10-,13-11-,18-17-. The van der Waals surface area contributed by atoms with Crippen LogP contribution >= 0.6 is 7.82 Å². The van der Waals surface area contributed by atoms with Gasteiger partial charge in [0.25, 0.3) is 0 Å². The Balaban J connectivity index is 4.22. The SMILES string of the molecule is CCCC/C=C\CCCCCCCCOCC(COP(=O)(O)OCC(O)CO)OC(=O)CCCCCCCCC/C=C\C/C=C\CCCCC. The first-order valence-corrected chi connectivity index (χ1v) is 21.5. The van der Waals surface area contributed by atoms with Crippen LogP contribution in [0.1, 0.15) is 168 Å². The normalized spacial score (nSPS) is 14.6. The van der Waals surface area contributed by atoms with E-state index < -0.39 is 39.2 Å². The Bertz CT molecular complexity index is 877. The minimum absolute atomic E-state index is 0.0420. The summed E-state index contributed by atoms with van der Waals surface area (Å²) in [6, 6.07) is 0. The predicted octanol–water partition coefficient (Wildman–Crippen LogP) is 10.5. The van der Waals surface area contributed by atoms with Crippen molar-refractivity contribution in [3.05, 3.63) is 36.5 Å². The van der Waals surface area contributed by atoms with Gasteiger partial charge in [-0.1, -0.05) is 134 Å². The van der Waals surface area contributed by atoms with Crippen molar-refractivity contribution in [1.82, 2.24) is 0 Å². The highest BCUT2D eigenvalue weighted by Gasteiger charge is 2.26. The molecular formula is C40H75O9P. The van der Waals surface area contributed by atoms with E-state index in [0.717, 1.165) is 64.2 Å². The van der Waals surface area contributed by atoms with E-state index in [1.165, 1.54) is 83.5 Å². The first-order valence-electron chi connectivity index (χ1n) is 20.0. The van der Waals surface area contributed by atoms with Gasteiger partial charge in [-0.15, -0.1) is 0 Å². The highest BCUT2D eigenvalue weighted by molar-refractivity contribution is 7.47. The number of hydrogen-bond donors (Lipinski definition) is 3. The summed E-state index contributed by atoms with van der Waals surface area (Å²) in [6.45, 7) is 3.43. The minimum Gasteiger partial charge on any atom is -0.457 e. The fourth-order valence-electron chi connectivity index (χ4n) is 5.19. The van der Waals surface area contributed by atoms with Crippen molar-refractivity contribution >= 4 is 13.8 Å². The number of aliphatic hydroxyl groups excluding tert-OH is 2. The second-order valence-corrected chi connectivity index (χ2v) is 14.7. The molecule has 3 unspecified atom stereocenters. The molecule has 0 aromatic carbocycles. The van der Waals surface area contributed by atoms with E-state index in [9.17, 15) is 19.4 Å². The summed E-state index contributed by atoms with van der Waals surface area (Å²) in [4.78, 5) is 22.5. The lowest BCUT2D eigenvalue weighted by Crippen LogP contribution is -2.29. The maximum atomic E-state index is 12.6. The average Bonchev–Trinajstić information content (AvgIpc) is 3.10. The quantitative estimate of drug-likeness (QED) is 0.0246. The molecule has 10 heteroatoms. The Morgan fingerprint density at radius 2 is 1.10 bits per heavy atom. The van der Waals surface area contributed by atoms with Crippen molar-refractivity contribution in [1.29, 1.82) is 0 Å². The lowest BCUT2D eigenvalue weighted by atomic mass is 10.1. The Morgan fingerprint density at radius 3 is 1.68 bits per heavy atom. The summed E-state index contributed by atoms with van der Waals surface area (Å²) < 4.78 is 33.2. The largest absolute Gasteiger partial charge is 0.472 e. The highest BCUT2D eigenvalue weighted by atomic mass is 31.2. The summed E-state index contributed by atoms with van der Waals surface area (Å²) >= 11 is 0. The number of phosphoric ester groups is 1. The van der Waals surface area contributed by atoms with E-state index in [4.69, 9.17) is 23.6 Å². The van der Waals surface area contributed by atoms with Gasteiger partial charge in [0.2, 0.25) is 0 Å². The van der Waals surface area contributed by atoms with E-state index in [1.807, 2.05) is 0 Å². The van der Waals surface area contributed by atoms with Gasteiger partial charge in [0.15, 0.2) is 0 Å². The monoisotopic (exact) mass is 731 g/mol. The molecule has 0 amide bonds. The zero-order valence-corrected chi connectivity index (χ0v) is 32.8. The molecule has 0 aliphatic heterocycles. The lowest BCUT2D eigenvalue weighted by Gasteiger charge is -2.20. The van der Waals surface area contributed by atoms with Gasteiger partial charge in [-0.3, -0.25) is 13.8 Å². The van der Waals surface area contributed by atoms with Gasteiger partial charge < -0.3 is 24.6 Å². The van der Waals surface area contributed by atoms with Crippen molar-refractivity contribution in [2.75, 3.05) is 33.0 Å². The van der Waals surface area contributed by atoms with Crippen LogP contribution in [-0.2, 0) is 27.9 Å². The molecule has 0 saturated heterocycles. The van der Waals surface area contributed by atoms with E-state index in [2.05, 4.69) is 50.3 Å². The van der Waals surface area contributed by atoms with E-state index in [1.54, 1.807) is 0 Å². The average molecular weight is 731 g/mol. The molecule has 0 aromatic heterocycles. The molecule has 0 heterocycles. The number of ether oxygens (including phenoxy) is 2. The van der Waals surface area contributed by atoms with Crippen LogP contribution in [0, 0.1) is 0 Å².